The van der Waals surface area contributed by atoms with Crippen molar-refractivity contribution >= 4 is 11.8 Å². The Morgan fingerprint density at radius 3 is 3.06 bits per heavy atom. The van der Waals surface area contributed by atoms with E-state index >= 15 is 0 Å². The van der Waals surface area contributed by atoms with Crippen molar-refractivity contribution < 1.29 is 0 Å². The second kappa shape index (κ2) is 8.58. The molecule has 0 aliphatic carbocycles. The summed E-state index contributed by atoms with van der Waals surface area (Å²) in [4.78, 5) is 0. The van der Waals surface area contributed by atoms with E-state index in [2.05, 4.69) is 29.5 Å². The van der Waals surface area contributed by atoms with Crippen molar-refractivity contribution in [3.05, 3.63) is 11.9 Å². The van der Waals surface area contributed by atoms with E-state index in [0.717, 1.165) is 31.7 Å². The van der Waals surface area contributed by atoms with Crippen LogP contribution in [0.1, 0.15) is 32.4 Å². The first-order chi connectivity index (χ1) is 7.86. The van der Waals surface area contributed by atoms with Crippen molar-refractivity contribution in [3.8, 4) is 0 Å². The van der Waals surface area contributed by atoms with Gasteiger partial charge in [-0.05, 0) is 30.9 Å². The highest BCUT2D eigenvalue weighted by Gasteiger charge is 1.99. The Labute approximate surface area is 102 Å². The van der Waals surface area contributed by atoms with Gasteiger partial charge in [-0.3, -0.25) is 4.68 Å². The molecule has 1 aromatic heterocycles. The summed E-state index contributed by atoms with van der Waals surface area (Å²) < 4.78 is 1.94. The van der Waals surface area contributed by atoms with Crippen molar-refractivity contribution in [2.24, 2.45) is 0 Å². The van der Waals surface area contributed by atoms with Crippen molar-refractivity contribution in [3.63, 3.8) is 0 Å². The number of nitrogens with zero attached hydrogens (tertiary/aromatic N) is 3. The van der Waals surface area contributed by atoms with Gasteiger partial charge in [0, 0.05) is 19.3 Å². The summed E-state index contributed by atoms with van der Waals surface area (Å²) in [6.45, 7) is 7.21. The Morgan fingerprint density at radius 2 is 2.31 bits per heavy atom. The van der Waals surface area contributed by atoms with Crippen LogP contribution in [0.3, 0.4) is 0 Å². The van der Waals surface area contributed by atoms with E-state index in [4.69, 9.17) is 0 Å². The topological polar surface area (TPSA) is 42.7 Å². The number of aromatic nitrogens is 3. The minimum absolute atomic E-state index is 0.831. The molecule has 0 bridgehead atoms. The quantitative estimate of drug-likeness (QED) is 0.672. The highest BCUT2D eigenvalue weighted by atomic mass is 32.2. The summed E-state index contributed by atoms with van der Waals surface area (Å²) in [6, 6.07) is 0. The molecule has 0 fully saturated rings. The van der Waals surface area contributed by atoms with Gasteiger partial charge < -0.3 is 5.32 Å². The normalized spacial score (nSPS) is 10.9. The summed E-state index contributed by atoms with van der Waals surface area (Å²) in [6.07, 6.45) is 4.37. The van der Waals surface area contributed by atoms with E-state index in [1.165, 1.54) is 17.9 Å². The fourth-order valence-electron chi connectivity index (χ4n) is 1.39. The van der Waals surface area contributed by atoms with Gasteiger partial charge in [0.25, 0.3) is 0 Å². The summed E-state index contributed by atoms with van der Waals surface area (Å²) in [7, 11) is 0. The standard InChI is InChI=1S/C11H22N4S/c1-3-6-12-9-11-10-15(14-13-11)7-5-8-16-4-2/h10,12H,3-9H2,1-2H3. The largest absolute Gasteiger partial charge is 0.311 e. The van der Waals surface area contributed by atoms with Crippen LogP contribution in [0.25, 0.3) is 0 Å². The molecule has 16 heavy (non-hydrogen) atoms. The maximum absolute atomic E-state index is 4.13. The molecule has 1 rings (SSSR count). The van der Waals surface area contributed by atoms with Gasteiger partial charge in [-0.2, -0.15) is 11.8 Å². The van der Waals surface area contributed by atoms with Crippen molar-refractivity contribution in [1.82, 2.24) is 20.3 Å². The zero-order valence-electron chi connectivity index (χ0n) is 10.3. The van der Waals surface area contributed by atoms with E-state index in [9.17, 15) is 0 Å². The van der Waals surface area contributed by atoms with Gasteiger partial charge >= 0.3 is 0 Å². The second-order valence-electron chi connectivity index (χ2n) is 3.70. The minimum atomic E-state index is 0.831. The van der Waals surface area contributed by atoms with Gasteiger partial charge in [-0.25, -0.2) is 0 Å². The Balaban J connectivity index is 2.17. The third-order valence-corrected chi connectivity index (χ3v) is 3.18. The molecule has 0 aromatic carbocycles. The molecule has 0 atom stereocenters. The molecule has 1 aromatic rings. The fourth-order valence-corrected chi connectivity index (χ4v) is 2.02. The molecule has 0 radical (unpaired) electrons. The molecule has 0 saturated heterocycles. The Morgan fingerprint density at radius 1 is 1.44 bits per heavy atom. The highest BCUT2D eigenvalue weighted by molar-refractivity contribution is 7.99. The Hall–Kier alpha value is -0.550. The van der Waals surface area contributed by atoms with Crippen LogP contribution in [-0.2, 0) is 13.1 Å². The van der Waals surface area contributed by atoms with Gasteiger partial charge in [0.2, 0.25) is 0 Å². The van der Waals surface area contributed by atoms with Crippen LogP contribution in [0.15, 0.2) is 6.20 Å². The predicted octanol–water partition coefficient (Wildman–Crippen LogP) is 1.92. The van der Waals surface area contributed by atoms with E-state index in [1.807, 2.05) is 22.6 Å². The summed E-state index contributed by atoms with van der Waals surface area (Å²) >= 11 is 1.98. The number of hydrogen-bond acceptors (Lipinski definition) is 4. The number of aryl methyl sites for hydroxylation is 1. The monoisotopic (exact) mass is 242 g/mol. The molecule has 0 aliphatic heterocycles. The molecule has 0 amide bonds. The molecule has 92 valence electrons. The summed E-state index contributed by atoms with van der Waals surface area (Å²) in [5, 5.41) is 11.6. The van der Waals surface area contributed by atoms with Gasteiger partial charge in [0.05, 0.1) is 5.69 Å². The lowest BCUT2D eigenvalue weighted by atomic mass is 10.4. The lowest BCUT2D eigenvalue weighted by Gasteiger charge is -1.99. The lowest BCUT2D eigenvalue weighted by molar-refractivity contribution is 0.581. The van der Waals surface area contributed by atoms with Gasteiger partial charge in [-0.1, -0.05) is 19.1 Å². The number of rotatable bonds is 9. The molecular formula is C11H22N4S. The average Bonchev–Trinajstić information content (AvgIpc) is 2.73. The third kappa shape index (κ3) is 5.51. The molecular weight excluding hydrogens is 220 g/mol. The highest BCUT2D eigenvalue weighted by Crippen LogP contribution is 2.02. The van der Waals surface area contributed by atoms with Gasteiger partial charge in [0.15, 0.2) is 0 Å². The molecule has 0 spiro atoms. The first-order valence-electron chi connectivity index (χ1n) is 6.04. The number of nitrogens with one attached hydrogen (secondary N) is 1. The van der Waals surface area contributed by atoms with E-state index in [0.29, 0.717) is 0 Å². The Kier molecular flexibility index (Phi) is 7.25. The molecule has 4 nitrogen and oxygen atoms in total. The fraction of sp³-hybridized carbons (Fsp3) is 0.818. The first kappa shape index (κ1) is 13.5. The SMILES string of the molecule is CCCNCc1cn(CCCSCC)nn1. The predicted molar refractivity (Wildman–Crippen MR) is 69.6 cm³/mol. The van der Waals surface area contributed by atoms with Crippen LogP contribution < -0.4 is 5.32 Å². The zero-order valence-corrected chi connectivity index (χ0v) is 11.1. The molecule has 1 heterocycles. The lowest BCUT2D eigenvalue weighted by Crippen LogP contribution is -2.13. The first-order valence-corrected chi connectivity index (χ1v) is 7.19. The molecule has 0 unspecified atom stereocenters. The zero-order chi connectivity index (χ0) is 11.6. The van der Waals surface area contributed by atoms with E-state index < -0.39 is 0 Å². The number of thioether (sulfide) groups is 1. The van der Waals surface area contributed by atoms with E-state index in [-0.39, 0.29) is 0 Å². The molecule has 1 N–H and O–H groups in total. The summed E-state index contributed by atoms with van der Waals surface area (Å²) in [5.41, 5.74) is 1.04. The minimum Gasteiger partial charge on any atom is -0.311 e. The van der Waals surface area contributed by atoms with Crippen LogP contribution in [0.5, 0.6) is 0 Å². The second-order valence-corrected chi connectivity index (χ2v) is 5.09. The van der Waals surface area contributed by atoms with Crippen LogP contribution in [0.2, 0.25) is 0 Å². The molecule has 5 heteroatoms. The van der Waals surface area contributed by atoms with Crippen molar-refractivity contribution in [1.29, 1.82) is 0 Å². The smallest absolute Gasteiger partial charge is 0.0964 e. The Bertz CT molecular complexity index is 275. The van der Waals surface area contributed by atoms with Crippen LogP contribution in [0, 0.1) is 0 Å². The molecule has 0 aliphatic rings. The third-order valence-electron chi connectivity index (χ3n) is 2.20. The number of hydrogen-bond donors (Lipinski definition) is 1. The van der Waals surface area contributed by atoms with Gasteiger partial charge in [0.1, 0.15) is 0 Å². The summed E-state index contributed by atoms with van der Waals surface area (Å²) in [5.74, 6) is 2.41. The van der Waals surface area contributed by atoms with Crippen LogP contribution in [-0.4, -0.2) is 33.0 Å². The van der Waals surface area contributed by atoms with E-state index in [1.54, 1.807) is 0 Å². The van der Waals surface area contributed by atoms with Crippen molar-refractivity contribution in [2.45, 2.75) is 39.8 Å². The maximum Gasteiger partial charge on any atom is 0.0964 e. The van der Waals surface area contributed by atoms with Crippen LogP contribution >= 0.6 is 11.8 Å². The maximum atomic E-state index is 4.13. The molecule has 0 saturated carbocycles. The average molecular weight is 242 g/mol. The van der Waals surface area contributed by atoms with Gasteiger partial charge in [-0.15, -0.1) is 5.10 Å². The van der Waals surface area contributed by atoms with Crippen LogP contribution in [0.4, 0.5) is 0 Å². The van der Waals surface area contributed by atoms with Crippen molar-refractivity contribution in [2.75, 3.05) is 18.1 Å².